The molecule has 1 aliphatic rings. The highest BCUT2D eigenvalue weighted by molar-refractivity contribution is 5.48. The highest BCUT2D eigenvalue weighted by Crippen LogP contribution is 2.21. The molecule has 0 amide bonds. The van der Waals surface area contributed by atoms with Crippen LogP contribution in [0.5, 0.6) is 0 Å². The normalized spacial score (nSPS) is 18.3. The quantitative estimate of drug-likeness (QED) is 0.636. The predicted octanol–water partition coefficient (Wildman–Crippen LogP) is 5.75. The zero-order valence-electron chi connectivity index (χ0n) is 13.7. The first kappa shape index (κ1) is 15.6. The van der Waals surface area contributed by atoms with Crippen molar-refractivity contribution in [3.05, 3.63) is 90.0 Å². The van der Waals surface area contributed by atoms with Crippen molar-refractivity contribution in [2.75, 3.05) is 11.4 Å². The van der Waals surface area contributed by atoms with Gasteiger partial charge in [0.2, 0.25) is 0 Å². The lowest BCUT2D eigenvalue weighted by Gasteiger charge is -2.26. The fraction of sp³-hybridized carbons (Fsp3) is 0.273. The van der Waals surface area contributed by atoms with E-state index in [-0.39, 0.29) is 0 Å². The molecule has 2 aromatic carbocycles. The average Bonchev–Trinajstić information content (AvgIpc) is 2.58. The Labute approximate surface area is 140 Å². The molecular weight excluding hydrogens is 278 g/mol. The SMILES string of the molecule is C1=C\C/C(CN(Cc2ccccc2)c2ccccc2)=C\CCC/1. The van der Waals surface area contributed by atoms with Gasteiger partial charge in [-0.1, -0.05) is 72.3 Å². The Bertz CT molecular complexity index is 640. The summed E-state index contributed by atoms with van der Waals surface area (Å²) in [4.78, 5) is 2.48. The number of anilines is 1. The molecule has 0 aliphatic heterocycles. The molecule has 1 aliphatic carbocycles. The Hall–Kier alpha value is -2.28. The Balaban J connectivity index is 1.78. The topological polar surface area (TPSA) is 3.24 Å². The van der Waals surface area contributed by atoms with Gasteiger partial charge in [0.1, 0.15) is 0 Å². The number of benzene rings is 2. The van der Waals surface area contributed by atoms with Crippen LogP contribution in [-0.4, -0.2) is 6.54 Å². The van der Waals surface area contributed by atoms with E-state index in [1.54, 1.807) is 0 Å². The van der Waals surface area contributed by atoms with Gasteiger partial charge in [-0.3, -0.25) is 0 Å². The van der Waals surface area contributed by atoms with Crippen LogP contribution in [0.4, 0.5) is 5.69 Å². The largest absolute Gasteiger partial charge is 0.363 e. The van der Waals surface area contributed by atoms with Crippen LogP contribution in [0.25, 0.3) is 0 Å². The van der Waals surface area contributed by atoms with Crippen molar-refractivity contribution in [2.24, 2.45) is 0 Å². The van der Waals surface area contributed by atoms with E-state index in [1.165, 1.54) is 36.1 Å². The van der Waals surface area contributed by atoms with Crippen molar-refractivity contribution >= 4 is 5.69 Å². The number of allylic oxidation sites excluding steroid dienone is 3. The molecule has 0 bridgehead atoms. The zero-order valence-corrected chi connectivity index (χ0v) is 13.7. The molecule has 0 spiro atoms. The first-order chi connectivity index (χ1) is 11.4. The van der Waals surface area contributed by atoms with Gasteiger partial charge in [0.25, 0.3) is 0 Å². The highest BCUT2D eigenvalue weighted by atomic mass is 15.1. The monoisotopic (exact) mass is 303 g/mol. The molecule has 0 unspecified atom stereocenters. The second kappa shape index (κ2) is 8.38. The smallest absolute Gasteiger partial charge is 0.0433 e. The Morgan fingerprint density at radius 3 is 2.26 bits per heavy atom. The molecular formula is C22H25N. The fourth-order valence-corrected chi connectivity index (χ4v) is 3.03. The van der Waals surface area contributed by atoms with Crippen LogP contribution in [0, 0.1) is 0 Å². The molecule has 0 atom stereocenters. The zero-order chi connectivity index (χ0) is 15.7. The molecule has 0 saturated heterocycles. The lowest BCUT2D eigenvalue weighted by Crippen LogP contribution is -2.25. The van der Waals surface area contributed by atoms with Crippen LogP contribution in [-0.2, 0) is 6.54 Å². The van der Waals surface area contributed by atoms with Crippen LogP contribution in [0.15, 0.2) is 84.5 Å². The lowest BCUT2D eigenvalue weighted by molar-refractivity contribution is 0.800. The molecule has 0 fully saturated rings. The van der Waals surface area contributed by atoms with E-state index >= 15 is 0 Å². The van der Waals surface area contributed by atoms with Gasteiger partial charge in [-0.25, -0.2) is 0 Å². The third kappa shape index (κ3) is 4.85. The summed E-state index contributed by atoms with van der Waals surface area (Å²) in [6.07, 6.45) is 11.9. The van der Waals surface area contributed by atoms with E-state index in [0.717, 1.165) is 19.5 Å². The summed E-state index contributed by atoms with van der Waals surface area (Å²) >= 11 is 0. The molecule has 3 rings (SSSR count). The number of para-hydroxylation sites is 1. The second-order valence-corrected chi connectivity index (χ2v) is 6.15. The van der Waals surface area contributed by atoms with E-state index < -0.39 is 0 Å². The van der Waals surface area contributed by atoms with Gasteiger partial charge < -0.3 is 4.90 Å². The van der Waals surface area contributed by atoms with Crippen molar-refractivity contribution in [1.29, 1.82) is 0 Å². The van der Waals surface area contributed by atoms with Crippen molar-refractivity contribution in [2.45, 2.75) is 32.2 Å². The van der Waals surface area contributed by atoms with Gasteiger partial charge in [0.15, 0.2) is 0 Å². The van der Waals surface area contributed by atoms with Crippen LogP contribution in [0.2, 0.25) is 0 Å². The molecule has 0 radical (unpaired) electrons. The molecule has 2 aromatic rings. The van der Waals surface area contributed by atoms with Gasteiger partial charge in [0, 0.05) is 18.8 Å². The van der Waals surface area contributed by atoms with E-state index in [1.807, 2.05) is 0 Å². The Morgan fingerprint density at radius 2 is 1.48 bits per heavy atom. The summed E-state index contributed by atoms with van der Waals surface area (Å²) < 4.78 is 0. The van der Waals surface area contributed by atoms with Gasteiger partial charge in [-0.2, -0.15) is 0 Å². The summed E-state index contributed by atoms with van der Waals surface area (Å²) in [5, 5.41) is 0. The van der Waals surface area contributed by atoms with Crippen LogP contribution in [0.1, 0.15) is 31.2 Å². The summed E-state index contributed by atoms with van der Waals surface area (Å²) in [5.74, 6) is 0. The van der Waals surface area contributed by atoms with Gasteiger partial charge in [-0.05, 0) is 43.4 Å². The van der Waals surface area contributed by atoms with Gasteiger partial charge in [-0.15, -0.1) is 0 Å². The first-order valence-electron chi connectivity index (χ1n) is 8.58. The minimum Gasteiger partial charge on any atom is -0.363 e. The number of rotatable bonds is 5. The number of hydrogen-bond donors (Lipinski definition) is 0. The highest BCUT2D eigenvalue weighted by Gasteiger charge is 2.10. The van der Waals surface area contributed by atoms with Gasteiger partial charge in [0.05, 0.1) is 0 Å². The summed E-state index contributed by atoms with van der Waals surface area (Å²) in [6.45, 7) is 1.95. The van der Waals surface area contributed by atoms with E-state index in [2.05, 4.69) is 83.8 Å². The fourth-order valence-electron chi connectivity index (χ4n) is 3.03. The Kier molecular flexibility index (Phi) is 5.69. The third-order valence-electron chi connectivity index (χ3n) is 4.29. The minimum absolute atomic E-state index is 0.950. The van der Waals surface area contributed by atoms with Crippen molar-refractivity contribution in [3.63, 3.8) is 0 Å². The van der Waals surface area contributed by atoms with Crippen LogP contribution >= 0.6 is 0 Å². The first-order valence-corrected chi connectivity index (χ1v) is 8.58. The van der Waals surface area contributed by atoms with E-state index in [0.29, 0.717) is 0 Å². The summed E-state index contributed by atoms with van der Waals surface area (Å²) in [7, 11) is 0. The maximum Gasteiger partial charge on any atom is 0.0433 e. The van der Waals surface area contributed by atoms with E-state index in [4.69, 9.17) is 0 Å². The average molecular weight is 303 g/mol. The predicted molar refractivity (Wildman–Crippen MR) is 99.6 cm³/mol. The maximum atomic E-state index is 2.48. The number of nitrogens with zero attached hydrogens (tertiary/aromatic N) is 1. The minimum atomic E-state index is 0.950. The second-order valence-electron chi connectivity index (χ2n) is 6.15. The standard InChI is InChI=1S/C22H25N/c1-2-6-12-20(13-7-3-1)18-23(22-16-10-5-11-17-22)19-21-14-8-4-9-15-21/h2,4-6,8-11,13-17H,1,3,7,12,18-19H2/b6-2-,20-13+. The van der Waals surface area contributed by atoms with Crippen molar-refractivity contribution in [3.8, 4) is 0 Å². The lowest BCUT2D eigenvalue weighted by atomic mass is 10.0. The summed E-state index contributed by atoms with van der Waals surface area (Å²) in [6, 6.07) is 21.5. The molecule has 0 N–H and O–H groups in total. The molecule has 0 aromatic heterocycles. The van der Waals surface area contributed by atoms with Gasteiger partial charge >= 0.3 is 0 Å². The molecule has 0 heterocycles. The van der Waals surface area contributed by atoms with Crippen LogP contribution in [0.3, 0.4) is 0 Å². The van der Waals surface area contributed by atoms with Crippen LogP contribution < -0.4 is 4.90 Å². The summed E-state index contributed by atoms with van der Waals surface area (Å²) in [5.41, 5.74) is 4.18. The molecule has 23 heavy (non-hydrogen) atoms. The third-order valence-corrected chi connectivity index (χ3v) is 4.29. The molecule has 0 saturated carbocycles. The number of hydrogen-bond acceptors (Lipinski definition) is 1. The molecule has 118 valence electrons. The van der Waals surface area contributed by atoms with Crippen molar-refractivity contribution in [1.82, 2.24) is 0 Å². The van der Waals surface area contributed by atoms with Crippen molar-refractivity contribution < 1.29 is 0 Å². The molecule has 1 heteroatoms. The maximum absolute atomic E-state index is 2.48. The Morgan fingerprint density at radius 1 is 0.739 bits per heavy atom. The van der Waals surface area contributed by atoms with E-state index in [9.17, 15) is 0 Å². The molecule has 1 nitrogen and oxygen atoms in total.